The Balaban J connectivity index is 2.55. The van der Waals surface area contributed by atoms with Crippen LogP contribution in [0.5, 0.6) is 0 Å². The van der Waals surface area contributed by atoms with Crippen LogP contribution in [0, 0.1) is 0 Å². The van der Waals surface area contributed by atoms with Crippen LogP contribution in [0.1, 0.15) is 26.3 Å². The lowest BCUT2D eigenvalue weighted by atomic mass is 10.1. The van der Waals surface area contributed by atoms with Crippen LogP contribution >= 0.6 is 23.2 Å². The molecule has 0 aliphatic carbocycles. The molecule has 1 N–H and O–H groups in total. The van der Waals surface area contributed by atoms with Gasteiger partial charge in [-0.15, -0.1) is 0 Å². The number of likely N-dealkylation sites (N-methyl/N-ethyl adjacent to an activating group) is 1. The molecular formula is C14H20Cl2N2O. The molecule has 5 heteroatoms. The van der Waals surface area contributed by atoms with Gasteiger partial charge in [0.2, 0.25) is 5.91 Å². The molecule has 0 fully saturated rings. The van der Waals surface area contributed by atoms with Crippen molar-refractivity contribution < 1.29 is 4.79 Å². The highest BCUT2D eigenvalue weighted by Crippen LogP contribution is 2.21. The predicted molar refractivity (Wildman–Crippen MR) is 80.7 cm³/mol. The van der Waals surface area contributed by atoms with E-state index in [1.807, 2.05) is 38.8 Å². The molecule has 0 atom stereocenters. The molecule has 0 saturated heterocycles. The molecule has 0 bridgehead atoms. The van der Waals surface area contributed by atoms with E-state index in [1.54, 1.807) is 12.1 Å². The fourth-order valence-corrected chi connectivity index (χ4v) is 2.17. The number of hydrogen-bond donors (Lipinski definition) is 1. The summed E-state index contributed by atoms with van der Waals surface area (Å²) in [7, 11) is 1.88. The summed E-state index contributed by atoms with van der Waals surface area (Å²) in [4.78, 5) is 13.7. The van der Waals surface area contributed by atoms with Crippen LogP contribution < -0.4 is 5.32 Å². The molecule has 0 aliphatic rings. The third-order valence-corrected chi connectivity index (χ3v) is 2.97. The van der Waals surface area contributed by atoms with Crippen molar-refractivity contribution in [2.24, 2.45) is 0 Å². The first-order chi connectivity index (χ1) is 8.67. The van der Waals surface area contributed by atoms with E-state index >= 15 is 0 Å². The maximum absolute atomic E-state index is 11.8. The van der Waals surface area contributed by atoms with Gasteiger partial charge >= 0.3 is 0 Å². The molecule has 0 spiro atoms. The largest absolute Gasteiger partial charge is 0.350 e. The van der Waals surface area contributed by atoms with E-state index in [2.05, 4.69) is 5.32 Å². The van der Waals surface area contributed by atoms with E-state index in [0.29, 0.717) is 23.1 Å². The van der Waals surface area contributed by atoms with Gasteiger partial charge in [-0.3, -0.25) is 9.69 Å². The summed E-state index contributed by atoms with van der Waals surface area (Å²) in [6.07, 6.45) is 0. The molecule has 1 aromatic rings. The smallest absolute Gasteiger partial charge is 0.234 e. The molecule has 19 heavy (non-hydrogen) atoms. The van der Waals surface area contributed by atoms with Gasteiger partial charge in [-0.1, -0.05) is 29.3 Å². The van der Waals surface area contributed by atoms with Gasteiger partial charge in [0, 0.05) is 22.1 Å². The van der Waals surface area contributed by atoms with E-state index in [0.717, 1.165) is 5.56 Å². The van der Waals surface area contributed by atoms with Crippen LogP contribution in [-0.2, 0) is 11.3 Å². The lowest BCUT2D eigenvalue weighted by Crippen LogP contribution is -2.45. The number of carbonyl (C=O) groups excluding carboxylic acids is 1. The Hall–Kier alpha value is -0.770. The Labute approximate surface area is 124 Å². The topological polar surface area (TPSA) is 32.3 Å². The Morgan fingerprint density at radius 3 is 2.47 bits per heavy atom. The number of nitrogens with zero attached hydrogens (tertiary/aromatic N) is 1. The molecule has 0 radical (unpaired) electrons. The fraction of sp³-hybridized carbons (Fsp3) is 0.500. The summed E-state index contributed by atoms with van der Waals surface area (Å²) in [5.41, 5.74) is 0.743. The Kier molecular flexibility index (Phi) is 5.65. The minimum atomic E-state index is -0.212. The lowest BCUT2D eigenvalue weighted by Gasteiger charge is -2.23. The molecule has 106 valence electrons. The second-order valence-electron chi connectivity index (χ2n) is 5.71. The van der Waals surface area contributed by atoms with E-state index in [1.165, 1.54) is 0 Å². The molecule has 0 unspecified atom stereocenters. The highest BCUT2D eigenvalue weighted by molar-refractivity contribution is 6.35. The average Bonchev–Trinajstić information content (AvgIpc) is 2.19. The molecule has 0 heterocycles. The summed E-state index contributed by atoms with van der Waals surface area (Å²) < 4.78 is 0. The lowest BCUT2D eigenvalue weighted by molar-refractivity contribution is -0.123. The van der Waals surface area contributed by atoms with Crippen molar-refractivity contribution in [1.29, 1.82) is 0 Å². The third kappa shape index (κ3) is 6.28. The zero-order valence-electron chi connectivity index (χ0n) is 11.8. The minimum Gasteiger partial charge on any atom is -0.350 e. The van der Waals surface area contributed by atoms with Crippen molar-refractivity contribution in [3.63, 3.8) is 0 Å². The monoisotopic (exact) mass is 302 g/mol. The summed E-state index contributed by atoms with van der Waals surface area (Å²) in [6, 6.07) is 5.39. The molecule has 0 aliphatic heterocycles. The van der Waals surface area contributed by atoms with Gasteiger partial charge in [0.15, 0.2) is 0 Å². The van der Waals surface area contributed by atoms with Gasteiger partial charge in [-0.05, 0) is 45.5 Å². The number of hydrogen-bond acceptors (Lipinski definition) is 2. The Morgan fingerprint density at radius 2 is 1.95 bits per heavy atom. The Bertz CT molecular complexity index is 455. The predicted octanol–water partition coefficient (Wildman–Crippen LogP) is 3.34. The van der Waals surface area contributed by atoms with Crippen molar-refractivity contribution in [1.82, 2.24) is 10.2 Å². The van der Waals surface area contributed by atoms with Crippen LogP contribution in [0.15, 0.2) is 18.2 Å². The zero-order chi connectivity index (χ0) is 14.6. The van der Waals surface area contributed by atoms with Gasteiger partial charge in [-0.25, -0.2) is 0 Å². The first-order valence-corrected chi connectivity index (χ1v) is 6.86. The first kappa shape index (κ1) is 16.3. The molecule has 0 saturated carbocycles. The van der Waals surface area contributed by atoms with Gasteiger partial charge in [0.25, 0.3) is 0 Å². The highest BCUT2D eigenvalue weighted by Gasteiger charge is 2.15. The molecule has 3 nitrogen and oxygen atoms in total. The minimum absolute atomic E-state index is 0.0000796. The quantitative estimate of drug-likeness (QED) is 0.925. The molecule has 1 amide bonds. The van der Waals surface area contributed by atoms with E-state index in [9.17, 15) is 4.79 Å². The standard InChI is InChI=1S/C14H20Cl2N2O/c1-14(2,3)17-13(19)9-18(4)8-10-5-6-11(15)7-12(10)16/h5-7H,8-9H2,1-4H3,(H,17,19). The normalized spacial score (nSPS) is 11.7. The summed E-state index contributed by atoms with van der Waals surface area (Å²) in [5.74, 6) is 0.0000796. The van der Waals surface area contributed by atoms with Gasteiger partial charge in [0.1, 0.15) is 0 Å². The van der Waals surface area contributed by atoms with Crippen molar-refractivity contribution in [3.05, 3.63) is 33.8 Å². The maximum Gasteiger partial charge on any atom is 0.234 e. The molecule has 0 aromatic heterocycles. The molecule has 1 rings (SSSR count). The van der Waals surface area contributed by atoms with Crippen molar-refractivity contribution in [3.8, 4) is 0 Å². The number of rotatable bonds is 4. The van der Waals surface area contributed by atoms with E-state index in [4.69, 9.17) is 23.2 Å². The zero-order valence-corrected chi connectivity index (χ0v) is 13.3. The second kappa shape index (κ2) is 6.60. The van der Waals surface area contributed by atoms with Gasteiger partial charge in [-0.2, -0.15) is 0 Å². The number of halogens is 2. The van der Waals surface area contributed by atoms with Crippen LogP contribution in [0.25, 0.3) is 0 Å². The number of carbonyl (C=O) groups is 1. The highest BCUT2D eigenvalue weighted by atomic mass is 35.5. The van der Waals surface area contributed by atoms with Gasteiger partial charge in [0.05, 0.1) is 6.54 Å². The van der Waals surface area contributed by atoms with E-state index in [-0.39, 0.29) is 11.4 Å². The van der Waals surface area contributed by atoms with Crippen molar-refractivity contribution in [2.45, 2.75) is 32.9 Å². The summed E-state index contributed by atoms with van der Waals surface area (Å²) >= 11 is 12.0. The average molecular weight is 303 g/mol. The van der Waals surface area contributed by atoms with E-state index < -0.39 is 0 Å². The maximum atomic E-state index is 11.8. The first-order valence-electron chi connectivity index (χ1n) is 6.11. The van der Waals surface area contributed by atoms with Crippen LogP contribution in [0.2, 0.25) is 10.0 Å². The van der Waals surface area contributed by atoms with Crippen molar-refractivity contribution in [2.75, 3.05) is 13.6 Å². The molecule has 1 aromatic carbocycles. The van der Waals surface area contributed by atoms with Crippen LogP contribution in [0.3, 0.4) is 0 Å². The number of amides is 1. The summed E-state index contributed by atoms with van der Waals surface area (Å²) in [5, 5.41) is 4.16. The molecular weight excluding hydrogens is 283 g/mol. The fourth-order valence-electron chi connectivity index (χ4n) is 1.70. The SMILES string of the molecule is CN(CC(=O)NC(C)(C)C)Cc1ccc(Cl)cc1Cl. The summed E-state index contributed by atoms with van der Waals surface area (Å²) in [6.45, 7) is 6.81. The van der Waals surface area contributed by atoms with Crippen LogP contribution in [-0.4, -0.2) is 29.9 Å². The number of nitrogens with one attached hydrogen (secondary N) is 1. The Morgan fingerprint density at radius 1 is 1.32 bits per heavy atom. The van der Waals surface area contributed by atoms with Crippen molar-refractivity contribution >= 4 is 29.1 Å². The third-order valence-electron chi connectivity index (χ3n) is 2.38. The number of benzene rings is 1. The van der Waals surface area contributed by atoms with Crippen LogP contribution in [0.4, 0.5) is 0 Å². The second-order valence-corrected chi connectivity index (χ2v) is 6.55. The van der Waals surface area contributed by atoms with Gasteiger partial charge < -0.3 is 5.32 Å².